The van der Waals surface area contributed by atoms with Crippen LogP contribution in [0.2, 0.25) is 0 Å². The molecule has 5 heteroatoms. The molecule has 5 nitrogen and oxygen atoms in total. The van der Waals surface area contributed by atoms with E-state index in [4.69, 9.17) is 4.98 Å². The minimum absolute atomic E-state index is 0.473. The van der Waals surface area contributed by atoms with Gasteiger partial charge in [0, 0.05) is 36.9 Å². The Morgan fingerprint density at radius 3 is 2.70 bits per heavy atom. The first kappa shape index (κ1) is 14.2. The summed E-state index contributed by atoms with van der Waals surface area (Å²) < 4.78 is 1.89. The van der Waals surface area contributed by atoms with Gasteiger partial charge in [0.05, 0.1) is 17.4 Å². The molecule has 0 unspecified atom stereocenters. The van der Waals surface area contributed by atoms with Crippen molar-refractivity contribution in [1.29, 1.82) is 0 Å². The quantitative estimate of drug-likeness (QED) is 0.790. The Morgan fingerprint density at radius 1 is 1.04 bits per heavy atom. The molecule has 4 heterocycles. The van der Waals surface area contributed by atoms with E-state index in [1.807, 2.05) is 29.0 Å². The number of nitrogens with zero attached hydrogens (tertiary/aromatic N) is 4. The average molecular weight is 307 g/mol. The molecule has 4 rings (SSSR count). The molecule has 1 aliphatic rings. The Bertz CT molecular complexity index is 815. The SMILES string of the molecule is C[C@@H]1CN(c2cccc(-c3cnn4ccccc34)n2)C[C@H](C)N1. The van der Waals surface area contributed by atoms with Gasteiger partial charge in [-0.1, -0.05) is 12.1 Å². The summed E-state index contributed by atoms with van der Waals surface area (Å²) in [6.07, 6.45) is 3.85. The number of piperazine rings is 1. The third-order valence-electron chi connectivity index (χ3n) is 4.32. The molecular formula is C18H21N5. The van der Waals surface area contributed by atoms with Crippen molar-refractivity contribution in [1.82, 2.24) is 19.9 Å². The molecule has 1 N–H and O–H groups in total. The first-order valence-corrected chi connectivity index (χ1v) is 8.11. The van der Waals surface area contributed by atoms with E-state index in [9.17, 15) is 0 Å². The molecule has 23 heavy (non-hydrogen) atoms. The van der Waals surface area contributed by atoms with Crippen molar-refractivity contribution in [3.8, 4) is 11.3 Å². The zero-order valence-electron chi connectivity index (χ0n) is 13.5. The van der Waals surface area contributed by atoms with Crippen LogP contribution in [-0.4, -0.2) is 39.8 Å². The Labute approximate surface area is 136 Å². The van der Waals surface area contributed by atoms with Crippen LogP contribution in [0.5, 0.6) is 0 Å². The van der Waals surface area contributed by atoms with Crippen LogP contribution in [0.25, 0.3) is 16.8 Å². The lowest BCUT2D eigenvalue weighted by Gasteiger charge is -2.37. The number of hydrogen-bond donors (Lipinski definition) is 1. The first-order valence-electron chi connectivity index (χ1n) is 8.11. The fourth-order valence-corrected chi connectivity index (χ4v) is 3.40. The molecule has 2 atom stereocenters. The first-order chi connectivity index (χ1) is 11.2. The van der Waals surface area contributed by atoms with Gasteiger partial charge in [0.15, 0.2) is 0 Å². The molecule has 1 aliphatic heterocycles. The van der Waals surface area contributed by atoms with E-state index < -0.39 is 0 Å². The van der Waals surface area contributed by atoms with Gasteiger partial charge in [-0.25, -0.2) is 9.50 Å². The minimum Gasteiger partial charge on any atom is -0.353 e. The van der Waals surface area contributed by atoms with E-state index in [2.05, 4.69) is 53.4 Å². The molecule has 0 aromatic carbocycles. The van der Waals surface area contributed by atoms with Gasteiger partial charge < -0.3 is 10.2 Å². The summed E-state index contributed by atoms with van der Waals surface area (Å²) in [5.74, 6) is 1.04. The topological polar surface area (TPSA) is 45.5 Å². The largest absolute Gasteiger partial charge is 0.353 e. The number of hydrogen-bond acceptors (Lipinski definition) is 4. The highest BCUT2D eigenvalue weighted by Crippen LogP contribution is 2.25. The van der Waals surface area contributed by atoms with Gasteiger partial charge in [-0.05, 0) is 38.1 Å². The molecule has 0 radical (unpaired) electrons. The van der Waals surface area contributed by atoms with Crippen LogP contribution in [0.1, 0.15) is 13.8 Å². The molecule has 0 spiro atoms. The zero-order chi connectivity index (χ0) is 15.8. The van der Waals surface area contributed by atoms with Gasteiger partial charge in [-0.2, -0.15) is 5.10 Å². The highest BCUT2D eigenvalue weighted by molar-refractivity contribution is 5.78. The van der Waals surface area contributed by atoms with E-state index in [0.29, 0.717) is 12.1 Å². The fourth-order valence-electron chi connectivity index (χ4n) is 3.40. The second-order valence-electron chi connectivity index (χ2n) is 6.34. The molecule has 118 valence electrons. The number of fused-ring (bicyclic) bond motifs is 1. The normalized spacial score (nSPS) is 21.7. The Balaban J connectivity index is 1.71. The number of rotatable bonds is 2. The number of pyridine rings is 2. The molecule has 1 fully saturated rings. The predicted molar refractivity (Wildman–Crippen MR) is 92.7 cm³/mol. The molecule has 0 aliphatic carbocycles. The van der Waals surface area contributed by atoms with Crippen molar-refractivity contribution in [2.45, 2.75) is 25.9 Å². The van der Waals surface area contributed by atoms with Crippen molar-refractivity contribution < 1.29 is 0 Å². The van der Waals surface area contributed by atoms with Crippen molar-refractivity contribution in [2.75, 3.05) is 18.0 Å². The molecular weight excluding hydrogens is 286 g/mol. The second kappa shape index (κ2) is 5.66. The van der Waals surface area contributed by atoms with Crippen LogP contribution in [0.15, 0.2) is 48.8 Å². The molecule has 3 aromatic rings. The maximum Gasteiger partial charge on any atom is 0.129 e. The number of aromatic nitrogens is 3. The van der Waals surface area contributed by atoms with Crippen molar-refractivity contribution in [3.63, 3.8) is 0 Å². The molecule has 0 amide bonds. The van der Waals surface area contributed by atoms with Crippen LogP contribution >= 0.6 is 0 Å². The summed E-state index contributed by atoms with van der Waals surface area (Å²) in [5.41, 5.74) is 3.13. The molecule has 1 saturated heterocycles. The summed E-state index contributed by atoms with van der Waals surface area (Å²) >= 11 is 0. The van der Waals surface area contributed by atoms with Crippen molar-refractivity contribution >= 4 is 11.3 Å². The lowest BCUT2D eigenvalue weighted by Crippen LogP contribution is -2.54. The third-order valence-corrected chi connectivity index (χ3v) is 4.32. The van der Waals surface area contributed by atoms with Gasteiger partial charge in [-0.3, -0.25) is 0 Å². The lowest BCUT2D eigenvalue weighted by molar-refractivity contribution is 0.405. The molecule has 0 bridgehead atoms. The van der Waals surface area contributed by atoms with E-state index >= 15 is 0 Å². The monoisotopic (exact) mass is 307 g/mol. The zero-order valence-corrected chi connectivity index (χ0v) is 13.5. The van der Waals surface area contributed by atoms with Crippen molar-refractivity contribution in [3.05, 3.63) is 48.8 Å². The van der Waals surface area contributed by atoms with Crippen LogP contribution in [-0.2, 0) is 0 Å². The van der Waals surface area contributed by atoms with Gasteiger partial charge in [0.2, 0.25) is 0 Å². The van der Waals surface area contributed by atoms with Crippen LogP contribution in [0.3, 0.4) is 0 Å². The van der Waals surface area contributed by atoms with E-state index in [1.54, 1.807) is 0 Å². The third kappa shape index (κ3) is 2.68. The van der Waals surface area contributed by atoms with E-state index in [1.165, 1.54) is 0 Å². The maximum atomic E-state index is 4.90. The summed E-state index contributed by atoms with van der Waals surface area (Å²) in [5, 5.41) is 7.98. The molecule has 0 saturated carbocycles. The number of anilines is 1. The number of nitrogens with one attached hydrogen (secondary N) is 1. The van der Waals surface area contributed by atoms with E-state index in [-0.39, 0.29) is 0 Å². The lowest BCUT2D eigenvalue weighted by atomic mass is 10.1. The maximum absolute atomic E-state index is 4.90. The van der Waals surface area contributed by atoms with Crippen LogP contribution in [0.4, 0.5) is 5.82 Å². The predicted octanol–water partition coefficient (Wildman–Crippen LogP) is 2.58. The standard InChI is InChI=1S/C18H21N5/c1-13-11-22(12-14(2)20-13)18-8-5-6-16(21-18)15-10-19-23-9-4-3-7-17(15)23/h3-10,13-14,20H,11-12H2,1-2H3/t13-,14+. The Hall–Kier alpha value is -2.40. The Kier molecular flexibility index (Phi) is 3.50. The highest BCUT2D eigenvalue weighted by atomic mass is 15.3. The van der Waals surface area contributed by atoms with Gasteiger partial charge in [0.25, 0.3) is 0 Å². The van der Waals surface area contributed by atoms with Crippen LogP contribution < -0.4 is 10.2 Å². The molecule has 3 aromatic heterocycles. The highest BCUT2D eigenvalue weighted by Gasteiger charge is 2.22. The second-order valence-corrected chi connectivity index (χ2v) is 6.34. The average Bonchev–Trinajstić information content (AvgIpc) is 2.98. The van der Waals surface area contributed by atoms with Crippen molar-refractivity contribution in [2.24, 2.45) is 0 Å². The van der Waals surface area contributed by atoms with Gasteiger partial charge in [0.1, 0.15) is 5.82 Å². The van der Waals surface area contributed by atoms with Gasteiger partial charge >= 0.3 is 0 Å². The summed E-state index contributed by atoms with van der Waals surface area (Å²) in [7, 11) is 0. The van der Waals surface area contributed by atoms with Crippen LogP contribution in [0, 0.1) is 0 Å². The Morgan fingerprint density at radius 2 is 1.87 bits per heavy atom. The van der Waals surface area contributed by atoms with Gasteiger partial charge in [-0.15, -0.1) is 0 Å². The fraction of sp³-hybridized carbons (Fsp3) is 0.333. The summed E-state index contributed by atoms with van der Waals surface area (Å²) in [6, 6.07) is 13.3. The minimum atomic E-state index is 0.473. The smallest absolute Gasteiger partial charge is 0.129 e. The summed E-state index contributed by atoms with van der Waals surface area (Å²) in [4.78, 5) is 7.26. The summed E-state index contributed by atoms with van der Waals surface area (Å²) in [6.45, 7) is 6.40. The van der Waals surface area contributed by atoms with E-state index in [0.717, 1.165) is 35.7 Å².